The molecule has 1 aromatic carbocycles. The van der Waals surface area contributed by atoms with Crippen LogP contribution in [0, 0.1) is 17.2 Å². The number of nitrogens with zero attached hydrogens (tertiary/aromatic N) is 6. The highest BCUT2D eigenvalue weighted by Crippen LogP contribution is 2.45. The van der Waals surface area contributed by atoms with Gasteiger partial charge in [0, 0.05) is 63.9 Å². The summed E-state index contributed by atoms with van der Waals surface area (Å²) in [5, 5.41) is 11.6. The van der Waals surface area contributed by atoms with E-state index in [0.29, 0.717) is 37.4 Å². The topological polar surface area (TPSA) is 156 Å². The number of carbonyl (C=O) groups excluding carboxylic acids is 1. The fourth-order valence-corrected chi connectivity index (χ4v) is 7.11. The van der Waals surface area contributed by atoms with Crippen molar-refractivity contribution in [2.45, 2.75) is 72.4 Å². The normalized spacial score (nSPS) is 16.6. The van der Waals surface area contributed by atoms with Crippen LogP contribution in [0.1, 0.15) is 70.7 Å². The number of rotatable bonds is 16. The third-order valence-electron chi connectivity index (χ3n) is 9.54. The predicted molar refractivity (Wildman–Crippen MR) is 181 cm³/mol. The molecule has 1 atom stereocenters. The van der Waals surface area contributed by atoms with Crippen LogP contribution in [0.4, 0.5) is 10.2 Å². The maximum atomic E-state index is 15.3. The summed E-state index contributed by atoms with van der Waals surface area (Å²) in [6.07, 6.45) is 5.50. The summed E-state index contributed by atoms with van der Waals surface area (Å²) in [6.45, 7) is 16.4. The molecule has 2 aliphatic heterocycles. The van der Waals surface area contributed by atoms with Gasteiger partial charge in [-0.25, -0.2) is 19.0 Å². The van der Waals surface area contributed by atoms with Gasteiger partial charge in [0.1, 0.15) is 6.33 Å². The molecular formula is C34H48FN7O7. The average molecular weight is 686 g/mol. The largest absolute Gasteiger partial charge is 0.430 e. The van der Waals surface area contributed by atoms with Crippen LogP contribution >= 0.6 is 0 Å². The van der Waals surface area contributed by atoms with E-state index in [1.54, 1.807) is 14.0 Å². The Hall–Kier alpha value is -3.95. The zero-order valence-electron chi connectivity index (χ0n) is 29.3. The first kappa shape index (κ1) is 36.3. The Kier molecular flexibility index (Phi) is 11.7. The highest BCUT2D eigenvalue weighted by molar-refractivity contribution is 6.01. The Labute approximate surface area is 284 Å². The van der Waals surface area contributed by atoms with Gasteiger partial charge in [-0.1, -0.05) is 13.8 Å². The number of carbonyl (C=O) groups is 1. The molecule has 1 spiro atoms. The summed E-state index contributed by atoms with van der Waals surface area (Å²) in [4.78, 5) is 48.6. The van der Waals surface area contributed by atoms with Crippen LogP contribution in [0.15, 0.2) is 30.8 Å². The van der Waals surface area contributed by atoms with Crippen molar-refractivity contribution in [3.63, 3.8) is 0 Å². The van der Waals surface area contributed by atoms with Crippen LogP contribution in [0.2, 0.25) is 0 Å². The number of anilines is 1. The number of methoxy groups -OCH3 is 1. The SMILES string of the molecule is CCN(C(=O)c1cc(F)c2oc(=O)c(=O)oc2c1Oc1nncnc1N1CCC2(C1)CN([C@H](CCCNCCCOC)C(C)C)C2)C(C)C. The fourth-order valence-electron chi connectivity index (χ4n) is 7.11. The Morgan fingerprint density at radius 3 is 2.49 bits per heavy atom. The number of benzene rings is 1. The molecule has 0 radical (unpaired) electrons. The van der Waals surface area contributed by atoms with Crippen molar-refractivity contribution < 1.29 is 27.5 Å². The second-order valence-corrected chi connectivity index (χ2v) is 13.7. The lowest BCUT2D eigenvalue weighted by Crippen LogP contribution is -2.62. The molecule has 3 aromatic rings. The molecular weight excluding hydrogens is 637 g/mol. The molecule has 0 saturated carbocycles. The van der Waals surface area contributed by atoms with Crippen molar-refractivity contribution in [2.75, 3.05) is 64.4 Å². The van der Waals surface area contributed by atoms with Crippen LogP contribution < -0.4 is 26.2 Å². The van der Waals surface area contributed by atoms with Gasteiger partial charge in [0.2, 0.25) is 11.2 Å². The molecule has 1 N–H and O–H groups in total. The average Bonchev–Trinajstić information content (AvgIpc) is 3.50. The molecule has 0 aliphatic carbocycles. The third kappa shape index (κ3) is 7.94. The summed E-state index contributed by atoms with van der Waals surface area (Å²) in [5.41, 5.74) is -4.09. The van der Waals surface area contributed by atoms with E-state index in [-0.39, 0.29) is 28.6 Å². The number of hydrogen-bond donors (Lipinski definition) is 1. The minimum absolute atomic E-state index is 0.0582. The molecule has 0 unspecified atom stereocenters. The highest BCUT2D eigenvalue weighted by Gasteiger charge is 2.50. The van der Waals surface area contributed by atoms with Gasteiger partial charge in [-0.05, 0) is 71.5 Å². The van der Waals surface area contributed by atoms with Crippen molar-refractivity contribution in [3.05, 3.63) is 44.6 Å². The Balaban J connectivity index is 1.35. The first-order chi connectivity index (χ1) is 23.5. The quantitative estimate of drug-likeness (QED) is 0.172. The lowest BCUT2D eigenvalue weighted by atomic mass is 9.76. The van der Waals surface area contributed by atoms with Crippen LogP contribution in [0.5, 0.6) is 11.6 Å². The minimum Gasteiger partial charge on any atom is -0.430 e. The van der Waals surface area contributed by atoms with Gasteiger partial charge in [-0.15, -0.1) is 10.2 Å². The molecule has 2 aromatic heterocycles. The molecule has 5 rings (SSSR count). The number of fused-ring (bicyclic) bond motifs is 1. The number of ether oxygens (including phenoxy) is 2. The van der Waals surface area contributed by atoms with E-state index >= 15 is 4.39 Å². The van der Waals surface area contributed by atoms with Crippen molar-refractivity contribution in [1.29, 1.82) is 0 Å². The standard InChI is InChI=1S/C34H48FN7O7/c1-7-42(22(4)5)31(43)23-16-24(35)27-28(49-33(45)32(44)48-27)26(23)47-30-29(37-20-38-39-30)40-14-11-34(17-40)18-41(19-34)25(21(2)3)10-8-12-36-13-9-15-46-6/h16,20-22,25,36H,7-15,17-19H2,1-6H3/t25-/m1/s1. The maximum absolute atomic E-state index is 15.3. The molecule has 2 saturated heterocycles. The molecule has 49 heavy (non-hydrogen) atoms. The summed E-state index contributed by atoms with van der Waals surface area (Å²) in [7, 11) is 1.72. The maximum Gasteiger partial charge on any atom is 0.423 e. The zero-order chi connectivity index (χ0) is 35.3. The van der Waals surface area contributed by atoms with Gasteiger partial charge in [0.15, 0.2) is 17.4 Å². The van der Waals surface area contributed by atoms with Gasteiger partial charge in [-0.2, -0.15) is 0 Å². The van der Waals surface area contributed by atoms with Crippen LogP contribution in [-0.4, -0.2) is 103 Å². The van der Waals surface area contributed by atoms with Crippen LogP contribution in [0.25, 0.3) is 11.2 Å². The van der Waals surface area contributed by atoms with Crippen molar-refractivity contribution in [1.82, 2.24) is 30.3 Å². The molecule has 0 bridgehead atoms. The molecule has 2 fully saturated rings. The van der Waals surface area contributed by atoms with Crippen molar-refractivity contribution in [3.8, 4) is 11.6 Å². The molecule has 2 aliphatic rings. The molecule has 14 nitrogen and oxygen atoms in total. The second kappa shape index (κ2) is 15.7. The van der Waals surface area contributed by atoms with Gasteiger partial charge in [0.05, 0.1) is 5.56 Å². The van der Waals surface area contributed by atoms with Crippen LogP contribution in [0.3, 0.4) is 0 Å². The third-order valence-corrected chi connectivity index (χ3v) is 9.54. The van der Waals surface area contributed by atoms with Crippen molar-refractivity contribution >= 4 is 22.9 Å². The van der Waals surface area contributed by atoms with Gasteiger partial charge in [-0.3, -0.25) is 9.69 Å². The van der Waals surface area contributed by atoms with E-state index in [4.69, 9.17) is 18.3 Å². The smallest absolute Gasteiger partial charge is 0.423 e. The summed E-state index contributed by atoms with van der Waals surface area (Å²) in [5.74, 6) is -1.09. The number of nitrogens with one attached hydrogen (secondary N) is 1. The summed E-state index contributed by atoms with van der Waals surface area (Å²) >= 11 is 0. The Morgan fingerprint density at radius 1 is 1.10 bits per heavy atom. The van der Waals surface area contributed by atoms with E-state index in [2.05, 4.69) is 44.1 Å². The first-order valence-electron chi connectivity index (χ1n) is 17.1. The Morgan fingerprint density at radius 2 is 1.82 bits per heavy atom. The van der Waals surface area contributed by atoms with Gasteiger partial charge >= 0.3 is 11.3 Å². The lowest BCUT2D eigenvalue weighted by molar-refractivity contribution is -0.0339. The van der Waals surface area contributed by atoms with Crippen molar-refractivity contribution in [2.24, 2.45) is 11.3 Å². The highest BCUT2D eigenvalue weighted by atomic mass is 19.1. The molecule has 1 amide bonds. The lowest BCUT2D eigenvalue weighted by Gasteiger charge is -2.53. The zero-order valence-corrected chi connectivity index (χ0v) is 29.3. The number of hydrogen-bond acceptors (Lipinski definition) is 13. The fraction of sp³-hybridized carbons (Fsp3) is 0.647. The number of halogens is 1. The van der Waals surface area contributed by atoms with E-state index in [0.717, 1.165) is 64.5 Å². The Bertz CT molecular complexity index is 1720. The minimum atomic E-state index is -1.39. The molecule has 268 valence electrons. The number of amides is 1. The van der Waals surface area contributed by atoms with E-state index in [1.807, 2.05) is 13.8 Å². The van der Waals surface area contributed by atoms with E-state index < -0.39 is 34.1 Å². The van der Waals surface area contributed by atoms with E-state index in [1.165, 1.54) is 11.2 Å². The molecule has 4 heterocycles. The monoisotopic (exact) mass is 685 g/mol. The molecule has 15 heteroatoms. The van der Waals surface area contributed by atoms with Gasteiger partial charge in [0.25, 0.3) is 11.8 Å². The summed E-state index contributed by atoms with van der Waals surface area (Å²) < 4.78 is 36.7. The number of aromatic nitrogens is 3. The number of likely N-dealkylation sites (tertiary alicyclic amines) is 1. The van der Waals surface area contributed by atoms with E-state index in [9.17, 15) is 14.4 Å². The van der Waals surface area contributed by atoms with Crippen LogP contribution in [-0.2, 0) is 4.74 Å². The van der Waals surface area contributed by atoms with Gasteiger partial charge < -0.3 is 33.4 Å². The summed E-state index contributed by atoms with van der Waals surface area (Å²) in [6, 6.07) is 1.17. The second-order valence-electron chi connectivity index (χ2n) is 13.7. The first-order valence-corrected chi connectivity index (χ1v) is 17.1. The predicted octanol–water partition coefficient (Wildman–Crippen LogP) is 3.68.